The van der Waals surface area contributed by atoms with E-state index in [0.29, 0.717) is 12.2 Å². The molecule has 0 aliphatic carbocycles. The maximum absolute atomic E-state index is 12.3. The van der Waals surface area contributed by atoms with Crippen molar-refractivity contribution in [3.8, 4) is 5.75 Å². The fourth-order valence-corrected chi connectivity index (χ4v) is 2.16. The van der Waals surface area contributed by atoms with Gasteiger partial charge in [0.05, 0.1) is 12.2 Å². The van der Waals surface area contributed by atoms with Crippen LogP contribution in [0.1, 0.15) is 30.6 Å². The number of carbonyl (C=O) groups is 2. The molecule has 6 nitrogen and oxygen atoms in total. The maximum atomic E-state index is 12.3. The van der Waals surface area contributed by atoms with Gasteiger partial charge in [-0.3, -0.25) is 4.79 Å². The first-order valence-electron chi connectivity index (χ1n) is 6.38. The zero-order chi connectivity index (χ0) is 14.9. The molecule has 1 aliphatic heterocycles. The fourth-order valence-electron chi connectivity index (χ4n) is 2.16. The number of carboxylic acid groups (broad SMARTS) is 1. The molecule has 1 aliphatic rings. The topological polar surface area (TPSA) is 92.9 Å². The minimum Gasteiger partial charge on any atom is -0.489 e. The summed E-state index contributed by atoms with van der Waals surface area (Å²) in [6.45, 7) is 4.22. The molecule has 0 spiro atoms. The number of para-hydroxylation sites is 1. The first-order valence-corrected chi connectivity index (χ1v) is 6.38. The number of carbonyl (C=O) groups excluding carboxylic acids is 1. The molecular formula is C14H18N2O4. The highest BCUT2D eigenvalue weighted by molar-refractivity contribution is 6.00. The number of aromatic carboxylic acids is 1. The lowest BCUT2D eigenvalue weighted by atomic mass is 10.0. The molecule has 3 N–H and O–H groups in total. The van der Waals surface area contributed by atoms with Crippen molar-refractivity contribution in [2.24, 2.45) is 5.73 Å². The number of amides is 1. The smallest absolute Gasteiger partial charge is 0.339 e. The van der Waals surface area contributed by atoms with E-state index in [4.69, 9.17) is 15.6 Å². The molecule has 0 saturated heterocycles. The summed E-state index contributed by atoms with van der Waals surface area (Å²) < 4.78 is 5.42. The van der Waals surface area contributed by atoms with E-state index in [2.05, 4.69) is 0 Å². The van der Waals surface area contributed by atoms with Gasteiger partial charge in [-0.15, -0.1) is 0 Å². The third-order valence-electron chi connectivity index (χ3n) is 2.98. The lowest BCUT2D eigenvalue weighted by molar-refractivity contribution is -0.119. The van der Waals surface area contributed by atoms with Crippen molar-refractivity contribution >= 4 is 17.6 Å². The summed E-state index contributed by atoms with van der Waals surface area (Å²) >= 11 is 0. The Bertz CT molecular complexity index is 549. The van der Waals surface area contributed by atoms with Crippen molar-refractivity contribution in [3.05, 3.63) is 23.8 Å². The average molecular weight is 278 g/mol. The van der Waals surface area contributed by atoms with Crippen molar-refractivity contribution in [2.45, 2.75) is 25.8 Å². The summed E-state index contributed by atoms with van der Waals surface area (Å²) in [7, 11) is 0. The second kappa shape index (κ2) is 5.13. The zero-order valence-electron chi connectivity index (χ0n) is 11.5. The van der Waals surface area contributed by atoms with Gasteiger partial charge in [0.25, 0.3) is 0 Å². The van der Waals surface area contributed by atoms with Crippen molar-refractivity contribution in [1.29, 1.82) is 0 Å². The Labute approximate surface area is 117 Å². The molecule has 1 amide bonds. The molecule has 0 bridgehead atoms. The van der Waals surface area contributed by atoms with Crippen LogP contribution in [0, 0.1) is 0 Å². The van der Waals surface area contributed by atoms with Crippen LogP contribution in [0.25, 0.3) is 0 Å². The highest BCUT2D eigenvalue weighted by Crippen LogP contribution is 2.35. The molecular weight excluding hydrogens is 260 g/mol. The summed E-state index contributed by atoms with van der Waals surface area (Å²) in [5.74, 6) is -0.964. The number of anilines is 1. The lowest BCUT2D eigenvalue weighted by Crippen LogP contribution is -2.44. The van der Waals surface area contributed by atoms with Crippen LogP contribution < -0.4 is 15.4 Å². The third-order valence-corrected chi connectivity index (χ3v) is 2.98. The van der Waals surface area contributed by atoms with Crippen LogP contribution in [0.5, 0.6) is 5.75 Å². The number of hydrogen-bond donors (Lipinski definition) is 2. The first-order chi connectivity index (χ1) is 9.29. The number of ether oxygens (including phenoxy) is 1. The molecule has 0 saturated carbocycles. The summed E-state index contributed by atoms with van der Waals surface area (Å²) in [6.07, 6.45) is 0.184. The molecule has 1 heterocycles. The van der Waals surface area contributed by atoms with Gasteiger partial charge in [0.1, 0.15) is 12.2 Å². The van der Waals surface area contributed by atoms with Gasteiger partial charge in [0, 0.05) is 12.0 Å². The van der Waals surface area contributed by atoms with Crippen LogP contribution in [0.3, 0.4) is 0 Å². The second-order valence-corrected chi connectivity index (χ2v) is 5.52. The number of carboxylic acids is 1. The fraction of sp³-hybridized carbons (Fsp3) is 0.429. The zero-order valence-corrected chi connectivity index (χ0v) is 11.5. The van der Waals surface area contributed by atoms with Gasteiger partial charge in [-0.05, 0) is 26.0 Å². The van der Waals surface area contributed by atoms with Gasteiger partial charge in [-0.2, -0.15) is 0 Å². The molecule has 0 radical (unpaired) electrons. The number of nitrogens with two attached hydrogens (primary N) is 1. The molecule has 2 rings (SSSR count). The summed E-state index contributed by atoms with van der Waals surface area (Å²) in [6, 6.07) is 4.75. The van der Waals surface area contributed by atoms with E-state index < -0.39 is 11.5 Å². The van der Waals surface area contributed by atoms with Crippen LogP contribution in [0.4, 0.5) is 5.69 Å². The van der Waals surface area contributed by atoms with E-state index in [-0.39, 0.29) is 30.2 Å². The monoisotopic (exact) mass is 278 g/mol. The van der Waals surface area contributed by atoms with Crippen LogP contribution in [0.15, 0.2) is 18.2 Å². The second-order valence-electron chi connectivity index (χ2n) is 5.52. The summed E-state index contributed by atoms with van der Waals surface area (Å²) in [5, 5.41) is 9.15. The quantitative estimate of drug-likeness (QED) is 0.867. The van der Waals surface area contributed by atoms with E-state index in [1.165, 1.54) is 6.07 Å². The number of hydrogen-bond acceptors (Lipinski definition) is 4. The van der Waals surface area contributed by atoms with Crippen LogP contribution in [-0.4, -0.2) is 35.7 Å². The Morgan fingerprint density at radius 1 is 1.45 bits per heavy atom. The van der Waals surface area contributed by atoms with E-state index in [1.807, 2.05) is 0 Å². The highest BCUT2D eigenvalue weighted by atomic mass is 16.5. The van der Waals surface area contributed by atoms with Crippen molar-refractivity contribution in [3.63, 3.8) is 0 Å². The Morgan fingerprint density at radius 3 is 2.75 bits per heavy atom. The van der Waals surface area contributed by atoms with Gasteiger partial charge in [-0.25, -0.2) is 4.79 Å². The molecule has 20 heavy (non-hydrogen) atoms. The Hall–Kier alpha value is -2.08. The molecule has 6 heteroatoms. The molecule has 0 fully saturated rings. The van der Waals surface area contributed by atoms with Crippen molar-refractivity contribution in [2.75, 3.05) is 18.1 Å². The van der Waals surface area contributed by atoms with E-state index in [9.17, 15) is 9.59 Å². The van der Waals surface area contributed by atoms with Crippen LogP contribution >= 0.6 is 0 Å². The molecule has 1 aromatic rings. The number of nitrogens with zero attached hydrogens (tertiary/aromatic N) is 1. The Balaban J connectivity index is 2.36. The standard InChI is InChI=1S/C14H18N2O4/c1-14(2,15)8-11(17)16-6-7-20-12-9(13(18)19)4-3-5-10(12)16/h3-5H,6-8,15H2,1-2H3,(H,18,19). The summed E-state index contributed by atoms with van der Waals surface area (Å²) in [5.41, 5.74) is 5.81. The molecule has 108 valence electrons. The average Bonchev–Trinajstić information content (AvgIpc) is 2.35. The van der Waals surface area contributed by atoms with E-state index >= 15 is 0 Å². The predicted molar refractivity (Wildman–Crippen MR) is 74.1 cm³/mol. The van der Waals surface area contributed by atoms with Gasteiger partial charge >= 0.3 is 5.97 Å². The molecule has 1 aromatic carbocycles. The number of rotatable bonds is 3. The predicted octanol–water partition coefficient (Wildman–Crippen LogP) is 1.24. The van der Waals surface area contributed by atoms with Crippen LogP contribution in [0.2, 0.25) is 0 Å². The minimum atomic E-state index is -1.07. The molecule has 0 unspecified atom stereocenters. The summed E-state index contributed by atoms with van der Waals surface area (Å²) in [4.78, 5) is 25.0. The highest BCUT2D eigenvalue weighted by Gasteiger charge is 2.29. The number of benzene rings is 1. The van der Waals surface area contributed by atoms with Gasteiger partial charge in [0.2, 0.25) is 5.91 Å². The number of fused-ring (bicyclic) bond motifs is 1. The van der Waals surface area contributed by atoms with Gasteiger partial charge in [0.15, 0.2) is 5.75 Å². The normalized spacial score (nSPS) is 14.4. The molecule has 0 atom stereocenters. The van der Waals surface area contributed by atoms with Crippen molar-refractivity contribution in [1.82, 2.24) is 0 Å². The van der Waals surface area contributed by atoms with Crippen molar-refractivity contribution < 1.29 is 19.4 Å². The lowest BCUT2D eigenvalue weighted by Gasteiger charge is -2.32. The maximum Gasteiger partial charge on any atom is 0.339 e. The van der Waals surface area contributed by atoms with Crippen LogP contribution in [-0.2, 0) is 4.79 Å². The van der Waals surface area contributed by atoms with Gasteiger partial charge in [-0.1, -0.05) is 6.07 Å². The van der Waals surface area contributed by atoms with E-state index in [0.717, 1.165) is 0 Å². The molecule has 0 aromatic heterocycles. The third kappa shape index (κ3) is 2.91. The SMILES string of the molecule is CC(C)(N)CC(=O)N1CCOc2c(C(=O)O)cccc21. The Morgan fingerprint density at radius 2 is 2.15 bits per heavy atom. The minimum absolute atomic E-state index is 0.0620. The largest absolute Gasteiger partial charge is 0.489 e. The van der Waals surface area contributed by atoms with E-state index in [1.54, 1.807) is 30.9 Å². The first kappa shape index (κ1) is 14.3. The van der Waals surface area contributed by atoms with Gasteiger partial charge < -0.3 is 20.5 Å². The Kier molecular flexibility index (Phi) is 3.67.